The van der Waals surface area contributed by atoms with E-state index < -0.39 is 34.7 Å². The maximum Gasteiger partial charge on any atom is 0.341 e. The number of ether oxygens (including phenoxy) is 2. The molecule has 50 heavy (non-hydrogen) atoms. The van der Waals surface area contributed by atoms with Crippen molar-refractivity contribution in [3.8, 4) is 11.6 Å². The number of methoxy groups -OCH3 is 1. The number of nitrogens with zero attached hydrogens (tertiary/aromatic N) is 3. The smallest absolute Gasteiger partial charge is 0.341 e. The minimum Gasteiger partial charge on any atom is -0.496 e. The lowest BCUT2D eigenvalue weighted by Crippen LogP contribution is -2.37. The number of aromatic nitrogens is 2. The van der Waals surface area contributed by atoms with Crippen molar-refractivity contribution in [1.82, 2.24) is 14.9 Å². The number of halogens is 2. The lowest BCUT2D eigenvalue weighted by atomic mass is 9.89. The van der Waals surface area contributed by atoms with Gasteiger partial charge < -0.3 is 19.4 Å². The largest absolute Gasteiger partial charge is 0.496 e. The van der Waals surface area contributed by atoms with Gasteiger partial charge in [0.15, 0.2) is 0 Å². The lowest BCUT2D eigenvalue weighted by Gasteiger charge is -2.25. The van der Waals surface area contributed by atoms with Gasteiger partial charge in [0.25, 0.3) is 6.43 Å². The molecular formula is C37H52F2N4O6S. The fraction of sp³-hybridized carbons (Fsp3) is 0.541. The summed E-state index contributed by atoms with van der Waals surface area (Å²) in [6, 6.07) is 9.03. The molecule has 0 saturated heterocycles. The maximum atomic E-state index is 14.2. The van der Waals surface area contributed by atoms with E-state index in [1.54, 1.807) is 45.9 Å². The Kier molecular flexibility index (Phi) is 13.4. The van der Waals surface area contributed by atoms with Gasteiger partial charge in [0, 0.05) is 18.5 Å². The first-order valence-electron chi connectivity index (χ1n) is 16.7. The predicted molar refractivity (Wildman–Crippen MR) is 191 cm³/mol. The summed E-state index contributed by atoms with van der Waals surface area (Å²) in [4.78, 5) is 22.4. The van der Waals surface area contributed by atoms with E-state index in [-0.39, 0.29) is 54.0 Å². The molecule has 0 fully saturated rings. The van der Waals surface area contributed by atoms with E-state index in [0.717, 1.165) is 5.56 Å². The van der Waals surface area contributed by atoms with E-state index in [9.17, 15) is 22.0 Å². The fourth-order valence-electron chi connectivity index (χ4n) is 5.61. The molecule has 0 aliphatic heterocycles. The van der Waals surface area contributed by atoms with Gasteiger partial charge in [-0.05, 0) is 79.3 Å². The number of hydrogen-bond donors (Lipinski definition) is 1. The first-order chi connectivity index (χ1) is 23.1. The molecule has 0 amide bonds. The van der Waals surface area contributed by atoms with Crippen LogP contribution in [0.5, 0.6) is 11.6 Å². The monoisotopic (exact) mass is 718 g/mol. The third-order valence-corrected chi connectivity index (χ3v) is 9.35. The Hall–Kier alpha value is -3.84. The van der Waals surface area contributed by atoms with Crippen molar-refractivity contribution >= 4 is 22.0 Å². The van der Waals surface area contributed by atoms with Crippen molar-refractivity contribution < 1.29 is 35.6 Å². The number of carbonyl (C=O) groups excluding carboxylic acids is 1. The second-order valence-electron chi connectivity index (χ2n) is 14.5. The average Bonchev–Trinajstić information content (AvgIpc) is 2.96. The summed E-state index contributed by atoms with van der Waals surface area (Å²) < 4.78 is 72.2. The van der Waals surface area contributed by atoms with Gasteiger partial charge in [0.1, 0.15) is 16.2 Å². The zero-order chi connectivity index (χ0) is 37.7. The number of benzene rings is 2. The summed E-state index contributed by atoms with van der Waals surface area (Å²) in [6.45, 7) is 17.8. The Balaban J connectivity index is 2.03. The predicted octanol–water partition coefficient (Wildman–Crippen LogP) is 7.51. The molecule has 0 bridgehead atoms. The molecular weight excluding hydrogens is 666 g/mol. The van der Waals surface area contributed by atoms with Gasteiger partial charge in [-0.1, -0.05) is 65.8 Å². The third kappa shape index (κ3) is 10.8. The number of rotatable bonds is 15. The van der Waals surface area contributed by atoms with E-state index in [1.807, 2.05) is 39.8 Å². The second kappa shape index (κ2) is 16.5. The lowest BCUT2D eigenvalue weighted by molar-refractivity contribution is -0.156. The van der Waals surface area contributed by atoms with Crippen LogP contribution in [0.4, 0.5) is 14.7 Å². The van der Waals surface area contributed by atoms with Crippen LogP contribution < -0.4 is 14.7 Å². The van der Waals surface area contributed by atoms with Gasteiger partial charge in [-0.25, -0.2) is 13.8 Å². The minimum absolute atomic E-state index is 0.0306. The summed E-state index contributed by atoms with van der Waals surface area (Å²) >= 11 is 0. The van der Waals surface area contributed by atoms with E-state index in [1.165, 1.54) is 12.0 Å². The Morgan fingerprint density at radius 1 is 0.960 bits per heavy atom. The van der Waals surface area contributed by atoms with Crippen molar-refractivity contribution in [3.05, 3.63) is 69.4 Å². The van der Waals surface area contributed by atoms with Crippen LogP contribution in [-0.2, 0) is 32.6 Å². The molecule has 3 rings (SSSR count). The van der Waals surface area contributed by atoms with E-state index in [0.29, 0.717) is 39.3 Å². The molecule has 3 aromatic rings. The number of anilines is 1. The molecule has 2 N–H and O–H groups in total. The molecule has 0 spiro atoms. The van der Waals surface area contributed by atoms with Gasteiger partial charge in [-0.3, -0.25) is 9.69 Å². The van der Waals surface area contributed by atoms with Gasteiger partial charge in [0.2, 0.25) is 11.8 Å². The molecule has 0 aliphatic rings. The van der Waals surface area contributed by atoms with Crippen molar-refractivity contribution in [2.45, 2.75) is 117 Å². The van der Waals surface area contributed by atoms with Gasteiger partial charge in [-0.2, -0.15) is 13.4 Å². The third-order valence-electron chi connectivity index (χ3n) is 8.01. The molecule has 0 unspecified atom stereocenters. The quantitative estimate of drug-likeness (QED) is 0.124. The van der Waals surface area contributed by atoms with Crippen LogP contribution in [0.2, 0.25) is 0 Å². The highest BCUT2D eigenvalue weighted by atomic mass is 32.2. The summed E-state index contributed by atoms with van der Waals surface area (Å²) in [7, 11) is -2.94. The molecule has 0 radical (unpaired) electrons. The Bertz CT molecular complexity index is 1740. The fourth-order valence-corrected chi connectivity index (χ4v) is 7.20. The van der Waals surface area contributed by atoms with Crippen LogP contribution in [0.25, 0.3) is 0 Å². The first kappa shape index (κ1) is 40.6. The number of alkyl halides is 2. The molecule has 1 aromatic heterocycles. The molecule has 1 heterocycles. The highest BCUT2D eigenvalue weighted by molar-refractivity contribution is 7.87. The number of carbonyl (C=O) groups is 1. The molecule has 0 aliphatic carbocycles. The normalized spacial score (nSPS) is 12.4. The minimum atomic E-state index is -4.40. The molecule has 13 heteroatoms. The summed E-state index contributed by atoms with van der Waals surface area (Å²) in [5.74, 6) is -0.572. The number of hydrogen-bond acceptors (Lipinski definition) is 10. The summed E-state index contributed by atoms with van der Waals surface area (Å²) in [5.41, 5.74) is 9.65. The standard InChI is InChI=1S/C37H52F2N4O6S/c1-21(2)27-16-28(22(3)4)34(29(17-27)23(5)6)50(45,46)49-35-30(24(7)41-36(40)42-35)15-26-13-12-25(14-31(26)47-11)18-43(19-32(38)39)20-33(44)48-37(8,9)10/h12-14,16-17,21-23,32H,15,18-20H2,1-11H3,(H2,40,41,42). The average molecular weight is 719 g/mol. The van der Waals surface area contributed by atoms with Crippen molar-refractivity contribution in [2.75, 3.05) is 25.9 Å². The highest BCUT2D eigenvalue weighted by Crippen LogP contribution is 2.37. The molecule has 0 saturated carbocycles. The first-order valence-corrected chi connectivity index (χ1v) is 18.2. The number of nitrogen functional groups attached to an aromatic ring is 1. The Morgan fingerprint density at radius 2 is 1.56 bits per heavy atom. The van der Waals surface area contributed by atoms with Gasteiger partial charge in [-0.15, -0.1) is 0 Å². The zero-order valence-electron chi connectivity index (χ0n) is 31.1. The van der Waals surface area contributed by atoms with Crippen LogP contribution >= 0.6 is 0 Å². The summed E-state index contributed by atoms with van der Waals surface area (Å²) in [5, 5.41) is 0. The van der Waals surface area contributed by atoms with Gasteiger partial charge >= 0.3 is 16.1 Å². The zero-order valence-corrected chi connectivity index (χ0v) is 31.9. The van der Waals surface area contributed by atoms with E-state index >= 15 is 0 Å². The number of aryl methyl sites for hydroxylation is 1. The topological polar surface area (TPSA) is 134 Å². The van der Waals surface area contributed by atoms with Crippen molar-refractivity contribution in [1.29, 1.82) is 0 Å². The SMILES string of the molecule is COc1cc(CN(CC(=O)OC(C)(C)C)CC(F)F)ccc1Cc1c(C)nc(N)nc1OS(=O)(=O)c1c(C(C)C)cc(C(C)C)cc1C(C)C. The Labute approximate surface area is 295 Å². The van der Waals surface area contributed by atoms with Crippen LogP contribution in [0.1, 0.15) is 119 Å². The van der Waals surface area contributed by atoms with Gasteiger partial charge in [0.05, 0.1) is 25.9 Å². The second-order valence-corrected chi connectivity index (χ2v) is 15.9. The van der Waals surface area contributed by atoms with E-state index in [2.05, 4.69) is 23.8 Å². The van der Waals surface area contributed by atoms with Crippen LogP contribution in [-0.4, -0.2) is 61.5 Å². The van der Waals surface area contributed by atoms with Crippen molar-refractivity contribution in [2.24, 2.45) is 0 Å². The molecule has 276 valence electrons. The number of esters is 1. The van der Waals surface area contributed by atoms with Crippen LogP contribution in [0.15, 0.2) is 35.2 Å². The Morgan fingerprint density at radius 3 is 2.06 bits per heavy atom. The molecule has 10 nitrogen and oxygen atoms in total. The molecule has 0 atom stereocenters. The highest BCUT2D eigenvalue weighted by Gasteiger charge is 2.31. The molecule has 2 aromatic carbocycles. The number of nitrogens with two attached hydrogens (primary N) is 1. The van der Waals surface area contributed by atoms with Crippen LogP contribution in [0, 0.1) is 6.92 Å². The summed E-state index contributed by atoms with van der Waals surface area (Å²) in [6.07, 6.45) is -2.55. The van der Waals surface area contributed by atoms with Crippen LogP contribution in [0.3, 0.4) is 0 Å². The maximum absolute atomic E-state index is 14.2. The van der Waals surface area contributed by atoms with Crippen molar-refractivity contribution in [3.63, 3.8) is 0 Å². The van der Waals surface area contributed by atoms with E-state index in [4.69, 9.17) is 19.4 Å².